The molecule has 20 heavy (non-hydrogen) atoms. The molecule has 1 fully saturated rings. The molecule has 1 aliphatic rings. The normalized spacial score (nSPS) is 26.7. The van der Waals surface area contributed by atoms with Crippen LogP contribution in [0.4, 0.5) is 0 Å². The molecule has 1 saturated carbocycles. The number of hydrogen-bond donors (Lipinski definition) is 2. The Hall–Kier alpha value is -0.160. The molecule has 0 amide bonds. The van der Waals surface area contributed by atoms with Crippen molar-refractivity contribution < 1.29 is 9.84 Å². The van der Waals surface area contributed by atoms with Crippen molar-refractivity contribution in [3.05, 3.63) is 0 Å². The highest BCUT2D eigenvalue weighted by Gasteiger charge is 2.20. The summed E-state index contributed by atoms with van der Waals surface area (Å²) in [5.74, 6) is 0.773. The molecule has 0 heterocycles. The number of nitrogens with zero attached hydrogens (tertiary/aromatic N) is 1. The van der Waals surface area contributed by atoms with Crippen LogP contribution in [0.1, 0.15) is 46.0 Å². The van der Waals surface area contributed by atoms with Gasteiger partial charge in [0.05, 0.1) is 18.8 Å². The van der Waals surface area contributed by atoms with Gasteiger partial charge in [0.2, 0.25) is 0 Å². The quantitative estimate of drug-likeness (QED) is 0.679. The van der Waals surface area contributed by atoms with Gasteiger partial charge in [-0.2, -0.15) is 0 Å². The number of aliphatic hydroxyl groups excluding tert-OH is 1. The minimum Gasteiger partial charge on any atom is -0.389 e. The lowest BCUT2D eigenvalue weighted by molar-refractivity contribution is -0.0311. The Bertz CT molecular complexity index is 249. The van der Waals surface area contributed by atoms with Crippen molar-refractivity contribution in [2.24, 2.45) is 5.92 Å². The second-order valence-corrected chi connectivity index (χ2v) is 6.78. The third kappa shape index (κ3) is 8.20. The molecule has 0 saturated heterocycles. The van der Waals surface area contributed by atoms with E-state index in [1.807, 2.05) is 0 Å². The zero-order chi connectivity index (χ0) is 15.0. The zero-order valence-electron chi connectivity index (χ0n) is 13.8. The predicted octanol–water partition coefficient (Wildman–Crippen LogP) is 1.87. The Kier molecular flexibility index (Phi) is 8.69. The summed E-state index contributed by atoms with van der Waals surface area (Å²) in [7, 11) is 4.17. The van der Waals surface area contributed by atoms with Gasteiger partial charge in [-0.05, 0) is 52.7 Å². The number of nitrogens with one attached hydrogen (secondary N) is 1. The summed E-state index contributed by atoms with van der Waals surface area (Å²) < 4.78 is 5.85. The Balaban J connectivity index is 2.06. The van der Waals surface area contributed by atoms with Gasteiger partial charge in [-0.1, -0.05) is 19.8 Å². The highest BCUT2D eigenvalue weighted by Crippen LogP contribution is 2.25. The predicted molar refractivity (Wildman–Crippen MR) is 84.0 cm³/mol. The van der Waals surface area contributed by atoms with E-state index >= 15 is 0 Å². The lowest BCUT2D eigenvalue weighted by Gasteiger charge is -2.28. The average molecular weight is 286 g/mol. The van der Waals surface area contributed by atoms with Crippen LogP contribution >= 0.6 is 0 Å². The summed E-state index contributed by atoms with van der Waals surface area (Å²) in [6, 6.07) is 0.432. The molecule has 2 N–H and O–H groups in total. The Morgan fingerprint density at radius 3 is 2.75 bits per heavy atom. The maximum absolute atomic E-state index is 9.97. The van der Waals surface area contributed by atoms with E-state index in [1.165, 1.54) is 12.8 Å². The molecule has 1 aliphatic carbocycles. The summed E-state index contributed by atoms with van der Waals surface area (Å²) in [5.41, 5.74) is 0. The van der Waals surface area contributed by atoms with Crippen LogP contribution < -0.4 is 5.32 Å². The molecule has 4 atom stereocenters. The van der Waals surface area contributed by atoms with E-state index < -0.39 is 6.10 Å². The van der Waals surface area contributed by atoms with Crippen LogP contribution in [-0.2, 0) is 4.74 Å². The fraction of sp³-hybridized carbons (Fsp3) is 1.00. The topological polar surface area (TPSA) is 44.7 Å². The number of ether oxygens (including phenoxy) is 1. The molecule has 0 aromatic carbocycles. The van der Waals surface area contributed by atoms with E-state index in [0.29, 0.717) is 25.3 Å². The third-order valence-corrected chi connectivity index (χ3v) is 4.12. The highest BCUT2D eigenvalue weighted by atomic mass is 16.5. The molecule has 1 rings (SSSR count). The second kappa shape index (κ2) is 9.72. The van der Waals surface area contributed by atoms with Gasteiger partial charge >= 0.3 is 0 Å². The molecule has 0 aliphatic heterocycles. The van der Waals surface area contributed by atoms with Crippen molar-refractivity contribution in [1.29, 1.82) is 0 Å². The van der Waals surface area contributed by atoms with Gasteiger partial charge in [-0.15, -0.1) is 0 Å². The Morgan fingerprint density at radius 2 is 2.10 bits per heavy atom. The molecule has 0 radical (unpaired) electrons. The van der Waals surface area contributed by atoms with Crippen molar-refractivity contribution in [2.75, 3.05) is 33.8 Å². The highest BCUT2D eigenvalue weighted by molar-refractivity contribution is 4.72. The summed E-state index contributed by atoms with van der Waals surface area (Å²) in [5, 5.41) is 13.4. The lowest BCUT2D eigenvalue weighted by atomic mass is 9.89. The average Bonchev–Trinajstić information content (AvgIpc) is 2.40. The standard InChI is InChI=1S/C16H34N2O2/c1-13-6-5-7-16(10-13)20-12-15(19)11-17-14(2)8-9-18(3)4/h13-17,19H,5-12H2,1-4H3. The first-order valence-electron chi connectivity index (χ1n) is 8.15. The molecular formula is C16H34N2O2. The van der Waals surface area contributed by atoms with Crippen LogP contribution in [0, 0.1) is 5.92 Å². The van der Waals surface area contributed by atoms with Crippen LogP contribution in [0.2, 0.25) is 0 Å². The number of rotatable bonds is 9. The smallest absolute Gasteiger partial charge is 0.0897 e. The zero-order valence-corrected chi connectivity index (χ0v) is 13.8. The fourth-order valence-corrected chi connectivity index (χ4v) is 2.73. The van der Waals surface area contributed by atoms with Crippen LogP contribution in [0.25, 0.3) is 0 Å². The van der Waals surface area contributed by atoms with E-state index in [2.05, 4.69) is 38.2 Å². The van der Waals surface area contributed by atoms with Crippen LogP contribution in [0.3, 0.4) is 0 Å². The second-order valence-electron chi connectivity index (χ2n) is 6.78. The Labute approximate surface area is 124 Å². The van der Waals surface area contributed by atoms with Crippen LogP contribution in [0.15, 0.2) is 0 Å². The van der Waals surface area contributed by atoms with Gasteiger partial charge in [-0.3, -0.25) is 0 Å². The van der Waals surface area contributed by atoms with E-state index in [-0.39, 0.29) is 0 Å². The summed E-state index contributed by atoms with van der Waals surface area (Å²) >= 11 is 0. The maximum atomic E-state index is 9.97. The van der Waals surface area contributed by atoms with E-state index in [1.54, 1.807) is 0 Å². The molecule has 0 bridgehead atoms. The molecule has 120 valence electrons. The minimum atomic E-state index is -0.394. The monoisotopic (exact) mass is 286 g/mol. The van der Waals surface area contributed by atoms with Gasteiger partial charge in [0.25, 0.3) is 0 Å². The maximum Gasteiger partial charge on any atom is 0.0897 e. The van der Waals surface area contributed by atoms with E-state index in [0.717, 1.165) is 31.7 Å². The van der Waals surface area contributed by atoms with Crippen LogP contribution in [0.5, 0.6) is 0 Å². The molecule has 4 unspecified atom stereocenters. The first kappa shape index (κ1) is 17.9. The van der Waals surface area contributed by atoms with E-state index in [9.17, 15) is 5.11 Å². The minimum absolute atomic E-state index is 0.361. The number of hydrogen-bond acceptors (Lipinski definition) is 4. The van der Waals surface area contributed by atoms with E-state index in [4.69, 9.17) is 4.74 Å². The largest absolute Gasteiger partial charge is 0.389 e. The fourth-order valence-electron chi connectivity index (χ4n) is 2.73. The van der Waals surface area contributed by atoms with Crippen molar-refractivity contribution >= 4 is 0 Å². The van der Waals surface area contributed by atoms with Gasteiger partial charge in [-0.25, -0.2) is 0 Å². The van der Waals surface area contributed by atoms with Crippen molar-refractivity contribution in [3.8, 4) is 0 Å². The lowest BCUT2D eigenvalue weighted by Crippen LogP contribution is -2.38. The van der Waals surface area contributed by atoms with Crippen molar-refractivity contribution in [1.82, 2.24) is 10.2 Å². The molecular weight excluding hydrogens is 252 g/mol. The van der Waals surface area contributed by atoms with Crippen LogP contribution in [-0.4, -0.2) is 62.0 Å². The van der Waals surface area contributed by atoms with Gasteiger partial charge in [0.15, 0.2) is 0 Å². The van der Waals surface area contributed by atoms with Gasteiger partial charge < -0.3 is 20.1 Å². The SMILES string of the molecule is CC1CCCC(OCC(O)CNC(C)CCN(C)C)C1. The third-order valence-electron chi connectivity index (χ3n) is 4.12. The summed E-state index contributed by atoms with van der Waals surface area (Å²) in [6.45, 7) is 6.61. The summed E-state index contributed by atoms with van der Waals surface area (Å²) in [4.78, 5) is 2.18. The first-order valence-corrected chi connectivity index (χ1v) is 8.15. The van der Waals surface area contributed by atoms with Crippen molar-refractivity contribution in [2.45, 2.75) is 64.2 Å². The first-order chi connectivity index (χ1) is 9.47. The summed E-state index contributed by atoms with van der Waals surface area (Å²) in [6.07, 6.45) is 5.97. The molecule has 0 spiro atoms. The van der Waals surface area contributed by atoms with Gasteiger partial charge in [0.1, 0.15) is 0 Å². The van der Waals surface area contributed by atoms with Crippen molar-refractivity contribution in [3.63, 3.8) is 0 Å². The molecule has 0 aromatic heterocycles. The molecule has 0 aromatic rings. The number of aliphatic hydroxyl groups is 1. The molecule has 4 heteroatoms. The molecule has 4 nitrogen and oxygen atoms in total. The van der Waals surface area contributed by atoms with Gasteiger partial charge in [0, 0.05) is 12.6 Å². The Morgan fingerprint density at radius 1 is 1.35 bits per heavy atom.